The van der Waals surface area contributed by atoms with E-state index >= 15 is 0 Å². The highest BCUT2D eigenvalue weighted by Crippen LogP contribution is 2.28. The van der Waals surface area contributed by atoms with E-state index in [1.54, 1.807) is 17.3 Å². The van der Waals surface area contributed by atoms with Crippen LogP contribution in [0.3, 0.4) is 0 Å². The average molecular weight is 374 g/mol. The molecule has 0 aromatic carbocycles. The molecule has 0 fully saturated rings. The Morgan fingerprint density at radius 3 is 2.30 bits per heavy atom. The molecule has 0 N–H and O–H groups in total. The van der Waals surface area contributed by atoms with Crippen molar-refractivity contribution in [2.24, 2.45) is 0 Å². The van der Waals surface area contributed by atoms with Crippen LogP contribution in [0, 0.1) is 0 Å². The monoisotopic (exact) mass is 374 g/mol. The maximum absolute atomic E-state index is 5.59. The maximum atomic E-state index is 5.59. The van der Waals surface area contributed by atoms with Gasteiger partial charge < -0.3 is 13.5 Å². The second-order valence-corrected chi connectivity index (χ2v) is 9.31. The van der Waals surface area contributed by atoms with Crippen molar-refractivity contribution >= 4 is 0 Å². The highest BCUT2D eigenvalue weighted by Gasteiger charge is 2.36. The van der Waals surface area contributed by atoms with E-state index in [4.69, 9.17) is 13.5 Å². The Hall–Kier alpha value is -2.51. The van der Waals surface area contributed by atoms with E-state index in [1.165, 1.54) is 0 Å². The molecule has 146 valence electrons. The Morgan fingerprint density at radius 2 is 1.70 bits per heavy atom. The van der Waals surface area contributed by atoms with Crippen LogP contribution in [-0.2, 0) is 29.2 Å². The van der Waals surface area contributed by atoms with Crippen LogP contribution >= 0.6 is 0 Å². The van der Waals surface area contributed by atoms with Crippen molar-refractivity contribution in [2.75, 3.05) is 0 Å². The molecule has 0 saturated heterocycles. The lowest BCUT2D eigenvalue weighted by atomic mass is 9.86. The van der Waals surface area contributed by atoms with Crippen molar-refractivity contribution in [3.63, 3.8) is 0 Å². The van der Waals surface area contributed by atoms with Crippen LogP contribution in [0.5, 0.6) is 0 Å². The van der Waals surface area contributed by atoms with Gasteiger partial charge in [0.1, 0.15) is 11.2 Å². The van der Waals surface area contributed by atoms with Crippen molar-refractivity contribution in [3.05, 3.63) is 42.0 Å². The molecule has 0 atom stereocenters. The Balaban J connectivity index is 1.73. The molecule has 0 unspecified atom stereocenters. The smallest absolute Gasteiger partial charge is 0.361 e. The molecule has 0 amide bonds. The van der Waals surface area contributed by atoms with E-state index in [-0.39, 0.29) is 10.8 Å². The second-order valence-electron chi connectivity index (χ2n) is 9.31. The van der Waals surface area contributed by atoms with Crippen LogP contribution in [-0.4, -0.2) is 20.4 Å². The van der Waals surface area contributed by atoms with Gasteiger partial charge in [-0.25, -0.2) is 0 Å². The summed E-state index contributed by atoms with van der Waals surface area (Å²) in [6, 6.07) is 1.86. The van der Waals surface area contributed by atoms with Crippen molar-refractivity contribution in [1.82, 2.24) is 20.4 Å². The molecule has 8 nitrogen and oxygen atoms in total. The summed E-state index contributed by atoms with van der Waals surface area (Å²) in [4.78, 5) is 4.62. The van der Waals surface area contributed by atoms with E-state index in [0.717, 1.165) is 5.76 Å². The number of aromatic nitrogens is 5. The zero-order valence-electron chi connectivity index (χ0n) is 17.1. The first-order valence-electron chi connectivity index (χ1n) is 9.07. The summed E-state index contributed by atoms with van der Waals surface area (Å²) in [6.45, 7) is 15.0. The molecule has 0 spiro atoms. The van der Waals surface area contributed by atoms with Gasteiger partial charge in [0, 0.05) is 28.4 Å². The average Bonchev–Trinajstić information content (AvgIpc) is 3.27. The molecular weight excluding hydrogens is 346 g/mol. The normalized spacial score (nSPS) is 13.3. The van der Waals surface area contributed by atoms with Gasteiger partial charge in [0.15, 0.2) is 12.4 Å². The van der Waals surface area contributed by atoms with Crippen LogP contribution in [0.2, 0.25) is 0 Å². The largest absolute Gasteiger partial charge is 0.387 e. The summed E-state index contributed by atoms with van der Waals surface area (Å²) in [6.07, 6.45) is 3.86. The van der Waals surface area contributed by atoms with Gasteiger partial charge in [0.05, 0.1) is 6.20 Å². The predicted octanol–water partition coefficient (Wildman–Crippen LogP) is 3.13. The zero-order valence-corrected chi connectivity index (χ0v) is 17.1. The third-order valence-electron chi connectivity index (χ3n) is 4.46. The molecule has 0 radical (unpaired) electrons. The molecular formula is C19H28N5O3+. The fourth-order valence-corrected chi connectivity index (χ4v) is 2.79. The number of rotatable bonds is 6. The lowest BCUT2D eigenvalue weighted by Gasteiger charge is -2.18. The van der Waals surface area contributed by atoms with Gasteiger partial charge in [-0.3, -0.25) is 0 Å². The quantitative estimate of drug-likeness (QED) is 0.612. The summed E-state index contributed by atoms with van der Waals surface area (Å²) < 4.78 is 18.2. The van der Waals surface area contributed by atoms with Crippen LogP contribution in [0.25, 0.3) is 0 Å². The molecule has 0 aliphatic carbocycles. The Bertz CT molecular complexity index is 885. The van der Waals surface area contributed by atoms with Gasteiger partial charge in [-0.1, -0.05) is 49.6 Å². The molecule has 0 aliphatic rings. The standard InChI is InChI=1S/C19H28N5O3/c1-17(2,3)15-22-24(12-25-15)11-19(6,7)16-21-14(23-27-16)10-18(4,5)13-8-9-20-26-13/h8-9,12H,10-11H2,1-7H3/q+1. The van der Waals surface area contributed by atoms with Crippen molar-refractivity contribution in [3.8, 4) is 0 Å². The highest BCUT2D eigenvalue weighted by molar-refractivity contribution is 5.12. The molecule has 3 aromatic heterocycles. The van der Waals surface area contributed by atoms with Gasteiger partial charge in [-0.2, -0.15) is 4.98 Å². The number of hydrogen-bond donors (Lipinski definition) is 0. The predicted molar refractivity (Wildman–Crippen MR) is 96.0 cm³/mol. The third-order valence-corrected chi connectivity index (χ3v) is 4.46. The van der Waals surface area contributed by atoms with Crippen LogP contribution < -0.4 is 4.68 Å². The molecule has 3 aromatic rings. The van der Waals surface area contributed by atoms with E-state index in [2.05, 4.69) is 55.0 Å². The lowest BCUT2D eigenvalue weighted by molar-refractivity contribution is -0.761. The summed E-state index contributed by atoms with van der Waals surface area (Å²) in [5.41, 5.74) is -0.804. The molecule has 0 aliphatic heterocycles. The van der Waals surface area contributed by atoms with Gasteiger partial charge in [0.25, 0.3) is 5.89 Å². The Kier molecular flexibility index (Phi) is 4.69. The Morgan fingerprint density at radius 1 is 0.963 bits per heavy atom. The van der Waals surface area contributed by atoms with Gasteiger partial charge in [-0.15, -0.1) is 0 Å². The fourth-order valence-electron chi connectivity index (χ4n) is 2.79. The van der Waals surface area contributed by atoms with Crippen LogP contribution in [0.15, 0.2) is 32.1 Å². The van der Waals surface area contributed by atoms with E-state index in [0.29, 0.717) is 30.6 Å². The summed E-state index contributed by atoms with van der Waals surface area (Å²) in [5, 5.41) is 12.5. The minimum Gasteiger partial charge on any atom is -0.387 e. The SMILES string of the molecule is CC(C)(C)c1n[n+](CC(C)(C)c2nc(CC(C)(C)c3ccno3)no2)co1. The van der Waals surface area contributed by atoms with E-state index in [1.807, 2.05) is 19.9 Å². The first-order chi connectivity index (χ1) is 12.5. The lowest BCUT2D eigenvalue weighted by Crippen LogP contribution is -2.45. The summed E-state index contributed by atoms with van der Waals surface area (Å²) in [5.74, 6) is 2.69. The van der Waals surface area contributed by atoms with Crippen molar-refractivity contribution in [1.29, 1.82) is 0 Å². The maximum Gasteiger partial charge on any atom is 0.361 e. The van der Waals surface area contributed by atoms with Crippen LogP contribution in [0.4, 0.5) is 0 Å². The minimum atomic E-state index is -0.391. The topological polar surface area (TPSA) is 94.9 Å². The molecule has 27 heavy (non-hydrogen) atoms. The number of hydrogen-bond acceptors (Lipinski definition) is 7. The van der Waals surface area contributed by atoms with Gasteiger partial charge >= 0.3 is 6.39 Å². The molecule has 8 heteroatoms. The first-order valence-corrected chi connectivity index (χ1v) is 9.07. The Labute approximate surface area is 158 Å². The first kappa shape index (κ1) is 19.3. The summed E-state index contributed by atoms with van der Waals surface area (Å²) in [7, 11) is 0. The van der Waals surface area contributed by atoms with Gasteiger partial charge in [-0.05, 0) is 13.8 Å². The van der Waals surface area contributed by atoms with Crippen molar-refractivity contribution in [2.45, 2.75) is 77.7 Å². The van der Waals surface area contributed by atoms with Gasteiger partial charge in [0.2, 0.25) is 5.89 Å². The summed E-state index contributed by atoms with van der Waals surface area (Å²) >= 11 is 0. The zero-order chi connectivity index (χ0) is 19.9. The number of nitrogens with zero attached hydrogens (tertiary/aromatic N) is 5. The highest BCUT2D eigenvalue weighted by atomic mass is 16.5. The third kappa shape index (κ3) is 4.26. The second kappa shape index (κ2) is 6.58. The molecule has 0 bridgehead atoms. The minimum absolute atomic E-state index is 0.140. The van der Waals surface area contributed by atoms with Crippen molar-refractivity contribution < 1.29 is 18.1 Å². The van der Waals surface area contributed by atoms with E-state index in [9.17, 15) is 0 Å². The fraction of sp³-hybridized carbons (Fsp3) is 0.632. The molecule has 0 saturated carbocycles. The molecule has 3 heterocycles. The molecule has 3 rings (SSSR count). The van der Waals surface area contributed by atoms with Crippen LogP contribution in [0.1, 0.15) is 71.8 Å². The van der Waals surface area contributed by atoms with E-state index < -0.39 is 5.41 Å².